The average molecular weight is 421 g/mol. The summed E-state index contributed by atoms with van der Waals surface area (Å²) in [5, 5.41) is 8.41. The van der Waals surface area contributed by atoms with Gasteiger partial charge in [-0.05, 0) is 30.7 Å². The molecule has 1 aromatic carbocycles. The van der Waals surface area contributed by atoms with E-state index in [0.717, 1.165) is 12.8 Å². The molecule has 0 aliphatic carbocycles. The molecule has 6 heteroatoms. The van der Waals surface area contributed by atoms with Gasteiger partial charge in [0.05, 0.1) is 11.1 Å². The second-order valence-corrected chi connectivity index (χ2v) is 6.82. The van der Waals surface area contributed by atoms with E-state index in [1.54, 1.807) is 24.3 Å². The largest absolute Gasteiger partial charge is 0.481 e. The molecule has 6 nitrogen and oxygen atoms in total. The number of ether oxygens (including phenoxy) is 2. The molecule has 0 saturated heterocycles. The van der Waals surface area contributed by atoms with Crippen molar-refractivity contribution in [2.45, 2.75) is 71.1 Å². The summed E-state index contributed by atoms with van der Waals surface area (Å²) in [4.78, 5) is 32.7. The van der Waals surface area contributed by atoms with Crippen molar-refractivity contribution in [2.75, 3.05) is 13.2 Å². The molecule has 0 radical (unpaired) electrons. The lowest BCUT2D eigenvalue weighted by atomic mass is 10.1. The maximum absolute atomic E-state index is 11.3. The van der Waals surface area contributed by atoms with Crippen molar-refractivity contribution < 1.29 is 29.0 Å². The first-order valence-electron chi connectivity index (χ1n) is 10.7. The number of esters is 2. The van der Waals surface area contributed by atoms with Crippen molar-refractivity contribution in [3.8, 4) is 0 Å². The van der Waals surface area contributed by atoms with Gasteiger partial charge in [-0.25, -0.2) is 9.59 Å². The Morgan fingerprint density at radius 3 is 1.53 bits per heavy atom. The van der Waals surface area contributed by atoms with Crippen molar-refractivity contribution in [3.63, 3.8) is 0 Å². The maximum atomic E-state index is 11.3. The number of unbranched alkanes of at least 4 members (excludes halogenated alkanes) is 8. The minimum absolute atomic E-state index is 0.100. The SMILES string of the molecule is C=C.CCCCCCCCCCCC(=O)O.O=C1OCCOC(=O)c2ccc1cc2. The van der Waals surface area contributed by atoms with Crippen LogP contribution < -0.4 is 0 Å². The van der Waals surface area contributed by atoms with Crippen LogP contribution in [0.5, 0.6) is 0 Å². The fraction of sp³-hybridized carbons (Fsp3) is 0.542. The van der Waals surface area contributed by atoms with E-state index in [4.69, 9.17) is 14.6 Å². The molecule has 0 atom stereocenters. The van der Waals surface area contributed by atoms with Crippen LogP contribution in [-0.2, 0) is 14.3 Å². The summed E-state index contributed by atoms with van der Waals surface area (Å²) in [5.41, 5.74) is 0.895. The summed E-state index contributed by atoms with van der Waals surface area (Å²) >= 11 is 0. The topological polar surface area (TPSA) is 89.9 Å². The normalized spacial score (nSPS) is 12.4. The Bertz CT molecular complexity index is 572. The van der Waals surface area contributed by atoms with Crippen LogP contribution >= 0.6 is 0 Å². The number of fused-ring (bicyclic) bond motifs is 7. The number of carboxylic acids is 1. The number of rotatable bonds is 10. The van der Waals surface area contributed by atoms with E-state index in [0.29, 0.717) is 17.5 Å². The molecule has 0 aromatic heterocycles. The fourth-order valence-corrected chi connectivity index (χ4v) is 2.76. The molecule has 0 unspecified atom stereocenters. The molecule has 1 aromatic rings. The van der Waals surface area contributed by atoms with Crippen molar-refractivity contribution in [3.05, 3.63) is 48.6 Å². The predicted octanol–water partition coefficient (Wildman–Crippen LogP) is 5.81. The minimum Gasteiger partial charge on any atom is -0.481 e. The van der Waals surface area contributed by atoms with Crippen LogP contribution in [0.3, 0.4) is 0 Å². The molecule has 0 fully saturated rings. The van der Waals surface area contributed by atoms with Gasteiger partial charge >= 0.3 is 17.9 Å². The van der Waals surface area contributed by atoms with Gasteiger partial charge in [0, 0.05) is 6.42 Å². The lowest BCUT2D eigenvalue weighted by molar-refractivity contribution is -0.137. The number of carbonyl (C=O) groups is 3. The monoisotopic (exact) mass is 420 g/mol. The van der Waals surface area contributed by atoms with Crippen molar-refractivity contribution in [2.24, 2.45) is 0 Å². The van der Waals surface area contributed by atoms with Gasteiger partial charge in [-0.3, -0.25) is 4.79 Å². The summed E-state index contributed by atoms with van der Waals surface area (Å²) in [6.45, 7) is 8.43. The van der Waals surface area contributed by atoms with Gasteiger partial charge in [0.1, 0.15) is 13.2 Å². The first-order chi connectivity index (χ1) is 14.5. The molecule has 0 spiro atoms. The zero-order chi connectivity index (χ0) is 22.6. The lowest BCUT2D eigenvalue weighted by Gasteiger charge is -2.09. The highest BCUT2D eigenvalue weighted by Gasteiger charge is 2.13. The zero-order valence-corrected chi connectivity index (χ0v) is 18.2. The van der Waals surface area contributed by atoms with Crippen LogP contribution in [-0.4, -0.2) is 36.2 Å². The molecule has 3 rings (SSSR count). The van der Waals surface area contributed by atoms with E-state index in [1.165, 1.54) is 44.9 Å². The number of carbonyl (C=O) groups excluding carboxylic acids is 2. The first-order valence-corrected chi connectivity index (χ1v) is 10.7. The van der Waals surface area contributed by atoms with E-state index in [1.807, 2.05) is 0 Å². The Hall–Kier alpha value is -2.63. The van der Waals surface area contributed by atoms with Crippen LogP contribution in [0, 0.1) is 0 Å². The van der Waals surface area contributed by atoms with Gasteiger partial charge in [0.15, 0.2) is 0 Å². The quantitative estimate of drug-likeness (QED) is 0.292. The first kappa shape index (κ1) is 27.4. The number of hydrogen-bond donors (Lipinski definition) is 1. The Labute approximate surface area is 180 Å². The second-order valence-electron chi connectivity index (χ2n) is 6.82. The Morgan fingerprint density at radius 1 is 0.800 bits per heavy atom. The summed E-state index contributed by atoms with van der Waals surface area (Å²) in [6, 6.07) is 6.18. The summed E-state index contributed by atoms with van der Waals surface area (Å²) < 4.78 is 9.66. The van der Waals surface area contributed by atoms with E-state index < -0.39 is 17.9 Å². The molecule has 2 bridgehead atoms. The van der Waals surface area contributed by atoms with Gasteiger partial charge in [0.25, 0.3) is 0 Å². The Balaban J connectivity index is 0.000000518. The van der Waals surface area contributed by atoms with Crippen LogP contribution in [0.25, 0.3) is 0 Å². The van der Waals surface area contributed by atoms with E-state index >= 15 is 0 Å². The minimum atomic E-state index is -0.659. The van der Waals surface area contributed by atoms with E-state index in [9.17, 15) is 14.4 Å². The lowest BCUT2D eigenvalue weighted by Crippen LogP contribution is -2.16. The van der Waals surface area contributed by atoms with Crippen molar-refractivity contribution in [1.82, 2.24) is 0 Å². The van der Waals surface area contributed by atoms with Crippen molar-refractivity contribution >= 4 is 17.9 Å². The molecule has 2 heterocycles. The van der Waals surface area contributed by atoms with Gasteiger partial charge in [-0.15, -0.1) is 13.2 Å². The second kappa shape index (κ2) is 18.4. The maximum Gasteiger partial charge on any atom is 0.338 e. The average Bonchev–Trinajstić information content (AvgIpc) is 2.77. The Kier molecular flexibility index (Phi) is 16.8. The highest BCUT2D eigenvalue weighted by atomic mass is 16.6. The third-order valence-electron chi connectivity index (χ3n) is 4.40. The van der Waals surface area contributed by atoms with E-state index in [2.05, 4.69) is 20.1 Å². The van der Waals surface area contributed by atoms with Gasteiger partial charge in [-0.1, -0.05) is 58.3 Å². The molecule has 168 valence electrons. The Morgan fingerprint density at radius 2 is 1.17 bits per heavy atom. The van der Waals surface area contributed by atoms with Crippen LogP contribution in [0.15, 0.2) is 37.4 Å². The molecular weight excluding hydrogens is 384 g/mol. The standard InChI is InChI=1S/C12H24O2.C10H8O4.C2H4/c1-2-3-4-5-6-7-8-9-10-11-12(13)14;11-9-7-1-2-8(4-3-7)10(12)14-6-5-13-9;1-2/h2-11H2,1H3,(H,13,14);1-4H,5-6H2;1-2H2. The van der Waals surface area contributed by atoms with Gasteiger partial charge < -0.3 is 14.6 Å². The summed E-state index contributed by atoms with van der Waals surface area (Å²) in [5.74, 6) is -1.45. The zero-order valence-electron chi connectivity index (χ0n) is 18.2. The number of hydrogen-bond acceptors (Lipinski definition) is 5. The van der Waals surface area contributed by atoms with Crippen LogP contribution in [0.4, 0.5) is 0 Å². The molecular formula is C24H36O6. The van der Waals surface area contributed by atoms with Crippen LogP contribution in [0.1, 0.15) is 91.8 Å². The fourth-order valence-electron chi connectivity index (χ4n) is 2.76. The molecule has 1 N–H and O–H groups in total. The molecule has 30 heavy (non-hydrogen) atoms. The number of aliphatic carboxylic acids is 1. The highest BCUT2D eigenvalue weighted by Crippen LogP contribution is 2.10. The third kappa shape index (κ3) is 13.5. The third-order valence-corrected chi connectivity index (χ3v) is 4.40. The smallest absolute Gasteiger partial charge is 0.338 e. The van der Waals surface area contributed by atoms with Gasteiger partial charge in [0.2, 0.25) is 0 Å². The highest BCUT2D eigenvalue weighted by molar-refractivity contribution is 5.93. The summed E-state index contributed by atoms with van der Waals surface area (Å²) in [6.07, 6.45) is 11.5. The predicted molar refractivity (Wildman–Crippen MR) is 118 cm³/mol. The van der Waals surface area contributed by atoms with Gasteiger partial charge in [-0.2, -0.15) is 0 Å². The van der Waals surface area contributed by atoms with E-state index in [-0.39, 0.29) is 13.2 Å². The molecule has 2 aliphatic heterocycles. The molecule has 0 amide bonds. The summed E-state index contributed by atoms with van der Waals surface area (Å²) in [7, 11) is 0. The molecule has 0 saturated carbocycles. The molecule has 2 aliphatic rings. The number of carboxylic acid groups (broad SMARTS) is 1. The van der Waals surface area contributed by atoms with Crippen molar-refractivity contribution in [1.29, 1.82) is 0 Å². The van der Waals surface area contributed by atoms with Crippen LogP contribution in [0.2, 0.25) is 0 Å². The number of benzene rings is 1.